The van der Waals surface area contributed by atoms with Crippen LogP contribution in [0.4, 0.5) is 16.0 Å². The molecule has 172 valence electrons. The van der Waals surface area contributed by atoms with Crippen LogP contribution in [0.15, 0.2) is 57.8 Å². The van der Waals surface area contributed by atoms with Gasteiger partial charge in [0.1, 0.15) is 29.0 Å². The van der Waals surface area contributed by atoms with Gasteiger partial charge < -0.3 is 14.6 Å². The number of nitrogens with one attached hydrogen (secondary N) is 2. The van der Waals surface area contributed by atoms with Crippen molar-refractivity contribution in [3.63, 3.8) is 0 Å². The number of nitrogens with zero attached hydrogens (tertiary/aromatic N) is 2. The maximum atomic E-state index is 14.6. The number of aromatic nitrogens is 1. The summed E-state index contributed by atoms with van der Waals surface area (Å²) in [5.74, 6) is 1.19. The first-order valence-corrected chi connectivity index (χ1v) is 11.6. The molecule has 1 saturated heterocycles. The van der Waals surface area contributed by atoms with Crippen LogP contribution >= 0.6 is 12.4 Å². The third-order valence-corrected chi connectivity index (χ3v) is 6.46. The summed E-state index contributed by atoms with van der Waals surface area (Å²) in [6.07, 6.45) is 0. The monoisotopic (exact) mass is 480 g/mol. The van der Waals surface area contributed by atoms with Crippen molar-refractivity contribution < 1.29 is 17.2 Å². The second-order valence-corrected chi connectivity index (χ2v) is 9.59. The Labute approximate surface area is 193 Å². The van der Waals surface area contributed by atoms with E-state index in [9.17, 15) is 12.8 Å². The van der Waals surface area contributed by atoms with Crippen LogP contribution < -0.4 is 14.9 Å². The second-order valence-electron chi connectivity index (χ2n) is 7.91. The van der Waals surface area contributed by atoms with Crippen LogP contribution in [0.25, 0.3) is 11.3 Å². The van der Waals surface area contributed by atoms with Gasteiger partial charge in [-0.25, -0.2) is 17.8 Å². The lowest BCUT2D eigenvalue weighted by molar-refractivity contribution is 0.405. The Morgan fingerprint density at radius 3 is 2.47 bits per heavy atom. The predicted octanol–water partition coefficient (Wildman–Crippen LogP) is 4.20. The third-order valence-electron chi connectivity index (χ3n) is 5.11. The first kappa shape index (κ1) is 24.0. The number of hydrogen-bond donors (Lipinski definition) is 2. The lowest BCUT2D eigenvalue weighted by Gasteiger charge is -2.37. The van der Waals surface area contributed by atoms with Crippen LogP contribution in [0.3, 0.4) is 0 Å². The first-order valence-electron chi connectivity index (χ1n) is 10.1. The van der Waals surface area contributed by atoms with E-state index in [2.05, 4.69) is 33.8 Å². The molecule has 2 unspecified atom stereocenters. The van der Waals surface area contributed by atoms with Gasteiger partial charge in [0.05, 0.1) is 10.5 Å². The van der Waals surface area contributed by atoms with Gasteiger partial charge in [0.25, 0.3) is 10.0 Å². The van der Waals surface area contributed by atoms with E-state index in [-0.39, 0.29) is 28.7 Å². The summed E-state index contributed by atoms with van der Waals surface area (Å²) in [4.78, 5) is 6.39. The minimum absolute atomic E-state index is 0. The molecule has 0 amide bonds. The summed E-state index contributed by atoms with van der Waals surface area (Å²) in [7, 11) is -4.01. The number of benzene rings is 1. The molecule has 0 spiro atoms. The molecule has 0 radical (unpaired) electrons. The van der Waals surface area contributed by atoms with Crippen molar-refractivity contribution in [2.75, 3.05) is 22.7 Å². The van der Waals surface area contributed by atoms with E-state index in [1.165, 1.54) is 12.1 Å². The Kier molecular flexibility index (Phi) is 7.12. The highest BCUT2D eigenvalue weighted by molar-refractivity contribution is 7.92. The topological polar surface area (TPSA) is 87.5 Å². The molecule has 2 N–H and O–H groups in total. The van der Waals surface area contributed by atoms with Crippen LogP contribution in [0.1, 0.15) is 19.6 Å². The Morgan fingerprint density at radius 2 is 1.84 bits per heavy atom. The predicted molar refractivity (Wildman–Crippen MR) is 125 cm³/mol. The maximum Gasteiger partial charge on any atom is 0.263 e. The molecule has 1 fully saturated rings. The van der Waals surface area contributed by atoms with Crippen LogP contribution in [0.5, 0.6) is 0 Å². The minimum Gasteiger partial charge on any atom is -0.461 e. The summed E-state index contributed by atoms with van der Waals surface area (Å²) in [6.45, 7) is 7.49. The van der Waals surface area contributed by atoms with Gasteiger partial charge in [-0.2, -0.15) is 0 Å². The van der Waals surface area contributed by atoms with Crippen molar-refractivity contribution >= 4 is 34.1 Å². The molecule has 2 aromatic heterocycles. The minimum atomic E-state index is -4.01. The van der Waals surface area contributed by atoms with Gasteiger partial charge in [-0.3, -0.25) is 4.72 Å². The van der Waals surface area contributed by atoms with Gasteiger partial charge in [-0.15, -0.1) is 12.4 Å². The number of rotatable bonds is 5. The fraction of sp³-hybridized carbons (Fsp3) is 0.318. The van der Waals surface area contributed by atoms with Crippen molar-refractivity contribution in [3.8, 4) is 11.3 Å². The molecule has 2 atom stereocenters. The summed E-state index contributed by atoms with van der Waals surface area (Å²) >= 11 is 0. The zero-order valence-electron chi connectivity index (χ0n) is 18.0. The fourth-order valence-corrected chi connectivity index (χ4v) is 4.82. The smallest absolute Gasteiger partial charge is 0.263 e. The van der Waals surface area contributed by atoms with Gasteiger partial charge >= 0.3 is 0 Å². The first-order chi connectivity index (χ1) is 14.7. The maximum absolute atomic E-state index is 14.6. The molecule has 1 aromatic carbocycles. The third kappa shape index (κ3) is 5.23. The van der Waals surface area contributed by atoms with Crippen molar-refractivity contribution in [2.45, 2.75) is 37.8 Å². The van der Waals surface area contributed by atoms with E-state index in [1.807, 2.05) is 6.07 Å². The van der Waals surface area contributed by atoms with E-state index in [0.717, 1.165) is 19.2 Å². The fourth-order valence-electron chi connectivity index (χ4n) is 3.81. The van der Waals surface area contributed by atoms with Crippen LogP contribution in [0.2, 0.25) is 0 Å². The van der Waals surface area contributed by atoms with Crippen molar-refractivity contribution in [1.29, 1.82) is 0 Å². The highest BCUT2D eigenvalue weighted by atomic mass is 35.5. The molecular weight excluding hydrogens is 455 g/mol. The van der Waals surface area contributed by atoms with E-state index >= 15 is 0 Å². The number of hydrogen-bond acceptors (Lipinski definition) is 6. The van der Waals surface area contributed by atoms with E-state index in [4.69, 9.17) is 4.42 Å². The highest BCUT2D eigenvalue weighted by Crippen LogP contribution is 2.27. The molecule has 1 aliphatic heterocycles. The van der Waals surface area contributed by atoms with Crippen molar-refractivity contribution in [1.82, 2.24) is 10.3 Å². The molecule has 4 rings (SSSR count). The lowest BCUT2D eigenvalue weighted by atomic mass is 10.1. The summed E-state index contributed by atoms with van der Waals surface area (Å²) in [5, 5.41) is 3.45. The van der Waals surface area contributed by atoms with Crippen molar-refractivity contribution in [3.05, 3.63) is 60.1 Å². The average molecular weight is 481 g/mol. The Balaban J connectivity index is 0.00000289. The number of piperazine rings is 1. The number of anilines is 2. The number of aryl methyl sites for hydroxylation is 1. The zero-order chi connectivity index (χ0) is 22.2. The van der Waals surface area contributed by atoms with Gasteiger partial charge in [-0.05, 0) is 63.2 Å². The molecular formula is C22H26ClFN4O3S. The highest BCUT2D eigenvalue weighted by Gasteiger charge is 2.23. The van der Waals surface area contributed by atoms with Gasteiger partial charge in [0.15, 0.2) is 0 Å². The molecule has 0 saturated carbocycles. The van der Waals surface area contributed by atoms with Crippen LogP contribution in [-0.4, -0.2) is 38.6 Å². The van der Waals surface area contributed by atoms with Crippen molar-refractivity contribution in [2.24, 2.45) is 0 Å². The van der Waals surface area contributed by atoms with E-state index in [1.54, 1.807) is 31.2 Å². The SMILES string of the molecule is Cc1ccc(-c2ccc(S(=O)(=O)Nc3cccc(N4CC(C)NC(C)C4)n3)cc2F)o1.Cl. The molecule has 3 heterocycles. The Morgan fingerprint density at radius 1 is 1.12 bits per heavy atom. The lowest BCUT2D eigenvalue weighted by Crippen LogP contribution is -2.54. The Hall–Kier alpha value is -2.62. The normalized spacial score (nSPS) is 18.8. The molecule has 3 aromatic rings. The standard InChI is InChI=1S/C22H25FN4O3S.ClH/c1-14-12-27(13-15(2)24-14)22-6-4-5-21(25-22)26-31(28,29)17-8-9-18(19(23)11-17)20-10-7-16(3)30-20;/h4-11,14-15,24H,12-13H2,1-3H3,(H,25,26);1H. The van der Waals surface area contributed by atoms with E-state index in [0.29, 0.717) is 29.4 Å². The number of furan rings is 1. The molecule has 1 aliphatic rings. The molecule has 0 bridgehead atoms. The van der Waals surface area contributed by atoms with Crippen LogP contribution in [-0.2, 0) is 10.0 Å². The molecule has 7 nitrogen and oxygen atoms in total. The Bertz CT molecular complexity index is 1190. The summed E-state index contributed by atoms with van der Waals surface area (Å²) < 4.78 is 48.2. The second kappa shape index (κ2) is 9.48. The average Bonchev–Trinajstić information content (AvgIpc) is 3.13. The van der Waals surface area contributed by atoms with Gasteiger partial charge in [-0.1, -0.05) is 6.07 Å². The molecule has 10 heteroatoms. The largest absolute Gasteiger partial charge is 0.461 e. The summed E-state index contributed by atoms with van der Waals surface area (Å²) in [6, 6.07) is 12.9. The van der Waals surface area contributed by atoms with E-state index < -0.39 is 15.8 Å². The number of pyridine rings is 1. The number of sulfonamides is 1. The van der Waals surface area contributed by atoms with Gasteiger partial charge in [0, 0.05) is 25.2 Å². The summed E-state index contributed by atoms with van der Waals surface area (Å²) in [5.41, 5.74) is 0.203. The zero-order valence-corrected chi connectivity index (χ0v) is 19.6. The quantitative estimate of drug-likeness (QED) is 0.569. The number of halogens is 2. The molecule has 32 heavy (non-hydrogen) atoms. The van der Waals surface area contributed by atoms with Gasteiger partial charge in [0.2, 0.25) is 0 Å². The van der Waals surface area contributed by atoms with Crippen LogP contribution in [0, 0.1) is 12.7 Å². The molecule has 0 aliphatic carbocycles.